The zero-order valence-electron chi connectivity index (χ0n) is 14.7. The van der Waals surface area contributed by atoms with Gasteiger partial charge in [0.2, 0.25) is 5.91 Å². The minimum Gasteiger partial charge on any atom is -0.341 e. The van der Waals surface area contributed by atoms with Gasteiger partial charge in [0.25, 0.3) is 0 Å². The number of aryl methyl sites for hydroxylation is 1. The molecule has 2 aromatic rings. The van der Waals surface area contributed by atoms with Crippen molar-refractivity contribution in [1.29, 1.82) is 5.26 Å². The standard InChI is InChI=1S/C19H18ClN3O2S/c1-12-17(13(2)24)8-15(9-21)19(22-12)26-11-18(25)23(3)10-14-5-4-6-16(20)7-14/h4-8H,10-11H2,1-3H3. The van der Waals surface area contributed by atoms with Crippen molar-refractivity contribution in [2.24, 2.45) is 0 Å². The number of carbonyl (C=O) groups is 2. The van der Waals surface area contributed by atoms with Gasteiger partial charge in [-0.15, -0.1) is 0 Å². The quantitative estimate of drug-likeness (QED) is 0.555. The molecular weight excluding hydrogens is 370 g/mol. The molecule has 2 rings (SSSR count). The third-order valence-electron chi connectivity index (χ3n) is 3.74. The number of hydrogen-bond donors (Lipinski definition) is 0. The molecule has 0 saturated carbocycles. The lowest BCUT2D eigenvalue weighted by Gasteiger charge is -2.17. The Labute approximate surface area is 162 Å². The maximum Gasteiger partial charge on any atom is 0.233 e. The van der Waals surface area contributed by atoms with Gasteiger partial charge in [-0.3, -0.25) is 9.59 Å². The van der Waals surface area contributed by atoms with E-state index in [9.17, 15) is 14.9 Å². The highest BCUT2D eigenvalue weighted by Gasteiger charge is 2.16. The first-order valence-electron chi connectivity index (χ1n) is 7.85. The van der Waals surface area contributed by atoms with Gasteiger partial charge < -0.3 is 4.90 Å². The van der Waals surface area contributed by atoms with E-state index in [1.165, 1.54) is 24.8 Å². The maximum absolute atomic E-state index is 12.4. The van der Waals surface area contributed by atoms with E-state index in [0.717, 1.165) is 5.56 Å². The molecule has 0 saturated heterocycles. The summed E-state index contributed by atoms with van der Waals surface area (Å²) in [7, 11) is 1.71. The topological polar surface area (TPSA) is 74.1 Å². The summed E-state index contributed by atoms with van der Waals surface area (Å²) in [6.45, 7) is 3.60. The number of Topliss-reactive ketones (excluding diaryl/α,β-unsaturated/α-hetero) is 1. The van der Waals surface area contributed by atoms with Crippen LogP contribution in [-0.4, -0.2) is 34.4 Å². The molecule has 7 heteroatoms. The first-order chi connectivity index (χ1) is 12.3. The minimum atomic E-state index is -0.139. The molecule has 0 N–H and O–H groups in total. The molecule has 1 heterocycles. The molecule has 0 fully saturated rings. The molecule has 0 aliphatic heterocycles. The molecule has 0 atom stereocenters. The Morgan fingerprint density at radius 3 is 2.69 bits per heavy atom. The van der Waals surface area contributed by atoms with Crippen LogP contribution in [0.25, 0.3) is 0 Å². The summed E-state index contributed by atoms with van der Waals surface area (Å²) >= 11 is 7.16. The van der Waals surface area contributed by atoms with Crippen molar-refractivity contribution in [3.05, 3.63) is 57.7 Å². The van der Waals surface area contributed by atoms with E-state index >= 15 is 0 Å². The second kappa shape index (κ2) is 8.84. The second-order valence-electron chi connectivity index (χ2n) is 5.81. The van der Waals surface area contributed by atoms with Crippen LogP contribution in [0.1, 0.15) is 34.1 Å². The summed E-state index contributed by atoms with van der Waals surface area (Å²) < 4.78 is 0. The molecule has 1 aromatic carbocycles. The molecule has 134 valence electrons. The molecule has 1 amide bonds. The molecule has 1 aromatic heterocycles. The fraction of sp³-hybridized carbons (Fsp3) is 0.263. The number of carbonyl (C=O) groups excluding carboxylic acids is 2. The number of aromatic nitrogens is 1. The number of pyridine rings is 1. The van der Waals surface area contributed by atoms with Crippen molar-refractivity contribution in [3.8, 4) is 6.07 Å². The Morgan fingerprint density at radius 1 is 1.35 bits per heavy atom. The molecule has 0 aliphatic carbocycles. The third kappa shape index (κ3) is 5.07. The van der Waals surface area contributed by atoms with Gasteiger partial charge in [0.15, 0.2) is 5.78 Å². The van der Waals surface area contributed by atoms with Crippen LogP contribution in [0.15, 0.2) is 35.4 Å². The summed E-state index contributed by atoms with van der Waals surface area (Å²) in [5, 5.41) is 10.4. The SMILES string of the molecule is CC(=O)c1cc(C#N)c(SCC(=O)N(C)Cc2cccc(Cl)c2)nc1C. The van der Waals surface area contributed by atoms with Crippen LogP contribution in [-0.2, 0) is 11.3 Å². The molecule has 0 unspecified atom stereocenters. The van der Waals surface area contributed by atoms with Gasteiger partial charge in [-0.1, -0.05) is 35.5 Å². The third-order valence-corrected chi connectivity index (χ3v) is 4.96. The van der Waals surface area contributed by atoms with Crippen LogP contribution in [0, 0.1) is 18.3 Å². The van der Waals surface area contributed by atoms with Crippen LogP contribution in [0.4, 0.5) is 0 Å². The van der Waals surface area contributed by atoms with Gasteiger partial charge >= 0.3 is 0 Å². The number of thioether (sulfide) groups is 1. The lowest BCUT2D eigenvalue weighted by Crippen LogP contribution is -2.27. The van der Waals surface area contributed by atoms with E-state index in [2.05, 4.69) is 4.98 Å². The first-order valence-corrected chi connectivity index (χ1v) is 9.22. The average Bonchev–Trinajstić information content (AvgIpc) is 2.59. The Morgan fingerprint density at radius 2 is 2.08 bits per heavy atom. The van der Waals surface area contributed by atoms with E-state index in [0.29, 0.717) is 33.4 Å². The normalized spacial score (nSPS) is 10.3. The van der Waals surface area contributed by atoms with Crippen LogP contribution in [0.2, 0.25) is 5.02 Å². The lowest BCUT2D eigenvalue weighted by atomic mass is 10.1. The second-order valence-corrected chi connectivity index (χ2v) is 7.21. The number of nitriles is 1. The van der Waals surface area contributed by atoms with Crippen molar-refractivity contribution in [1.82, 2.24) is 9.88 Å². The average molecular weight is 388 g/mol. The largest absolute Gasteiger partial charge is 0.341 e. The maximum atomic E-state index is 12.4. The highest BCUT2D eigenvalue weighted by atomic mass is 35.5. The van der Waals surface area contributed by atoms with E-state index in [1.54, 1.807) is 24.9 Å². The highest BCUT2D eigenvalue weighted by Crippen LogP contribution is 2.23. The number of halogens is 1. The summed E-state index contributed by atoms with van der Waals surface area (Å²) in [6, 6.07) is 10.9. The van der Waals surface area contributed by atoms with E-state index in [1.807, 2.05) is 24.3 Å². The van der Waals surface area contributed by atoms with Crippen LogP contribution in [0.5, 0.6) is 0 Å². The predicted molar refractivity (Wildman–Crippen MR) is 102 cm³/mol. The van der Waals surface area contributed by atoms with Gasteiger partial charge in [-0.05, 0) is 37.6 Å². The smallest absolute Gasteiger partial charge is 0.233 e. The Kier molecular flexibility index (Phi) is 6.78. The fourth-order valence-electron chi connectivity index (χ4n) is 2.37. The Balaban J connectivity index is 2.06. The number of ketones is 1. The van der Waals surface area contributed by atoms with Gasteiger partial charge in [-0.2, -0.15) is 5.26 Å². The summed E-state index contributed by atoms with van der Waals surface area (Å²) in [6.07, 6.45) is 0. The van der Waals surface area contributed by atoms with Crippen molar-refractivity contribution >= 4 is 35.1 Å². The molecule has 0 radical (unpaired) electrons. The van der Waals surface area contributed by atoms with Crippen molar-refractivity contribution in [2.75, 3.05) is 12.8 Å². The minimum absolute atomic E-state index is 0.0889. The molecule has 0 spiro atoms. The summed E-state index contributed by atoms with van der Waals surface area (Å²) in [5.74, 6) is -0.0771. The zero-order valence-corrected chi connectivity index (χ0v) is 16.3. The molecule has 0 aliphatic rings. The Bertz CT molecular complexity index is 893. The van der Waals surface area contributed by atoms with E-state index in [-0.39, 0.29) is 17.4 Å². The first kappa shape index (κ1) is 20.0. The molecular formula is C19H18ClN3O2S. The van der Waals surface area contributed by atoms with Gasteiger partial charge in [0.1, 0.15) is 11.1 Å². The van der Waals surface area contributed by atoms with E-state index < -0.39 is 0 Å². The van der Waals surface area contributed by atoms with E-state index in [4.69, 9.17) is 11.6 Å². The van der Waals surface area contributed by atoms with Crippen LogP contribution in [0.3, 0.4) is 0 Å². The number of nitrogens with zero attached hydrogens (tertiary/aromatic N) is 3. The molecule has 26 heavy (non-hydrogen) atoms. The predicted octanol–water partition coefficient (Wildman–Crippen LogP) is 3.87. The Hall–Kier alpha value is -2.36. The number of amides is 1. The summed E-state index contributed by atoms with van der Waals surface area (Å²) in [4.78, 5) is 29.9. The van der Waals surface area contributed by atoms with Gasteiger partial charge in [0, 0.05) is 29.9 Å². The molecule has 5 nitrogen and oxygen atoms in total. The highest BCUT2D eigenvalue weighted by molar-refractivity contribution is 7.99. The van der Waals surface area contributed by atoms with Crippen LogP contribution >= 0.6 is 23.4 Å². The number of rotatable bonds is 6. The number of hydrogen-bond acceptors (Lipinski definition) is 5. The van der Waals surface area contributed by atoms with Crippen molar-refractivity contribution in [2.45, 2.75) is 25.4 Å². The van der Waals surface area contributed by atoms with Crippen LogP contribution < -0.4 is 0 Å². The summed E-state index contributed by atoms with van der Waals surface area (Å²) in [5.41, 5.74) is 2.22. The van der Waals surface area contributed by atoms with Crippen molar-refractivity contribution in [3.63, 3.8) is 0 Å². The monoisotopic (exact) mass is 387 g/mol. The van der Waals surface area contributed by atoms with Gasteiger partial charge in [-0.25, -0.2) is 4.98 Å². The number of benzene rings is 1. The van der Waals surface area contributed by atoms with Gasteiger partial charge in [0.05, 0.1) is 11.3 Å². The lowest BCUT2D eigenvalue weighted by molar-refractivity contribution is -0.127. The zero-order chi connectivity index (χ0) is 19.3. The van der Waals surface area contributed by atoms with Crippen molar-refractivity contribution < 1.29 is 9.59 Å². The fourth-order valence-corrected chi connectivity index (χ4v) is 3.52. The molecule has 0 bridgehead atoms.